The summed E-state index contributed by atoms with van der Waals surface area (Å²) in [6, 6.07) is 10.1. The highest BCUT2D eigenvalue weighted by Gasteiger charge is 2.08. The Morgan fingerprint density at radius 1 is 1.33 bits per heavy atom. The number of nitrogens with zero attached hydrogens (tertiary/aromatic N) is 1. The second kappa shape index (κ2) is 6.23. The summed E-state index contributed by atoms with van der Waals surface area (Å²) >= 11 is 7.74. The Morgan fingerprint density at radius 2 is 2.17 bits per heavy atom. The minimum atomic E-state index is 0.693. The van der Waals surface area contributed by atoms with Gasteiger partial charge in [0.25, 0.3) is 0 Å². The van der Waals surface area contributed by atoms with Gasteiger partial charge in [-0.25, -0.2) is 4.98 Å². The molecule has 0 atom stereocenters. The van der Waals surface area contributed by atoms with Gasteiger partial charge >= 0.3 is 0 Å². The number of halogens is 1. The van der Waals surface area contributed by atoms with Crippen LogP contribution in [0.25, 0.3) is 0 Å². The number of aromatic nitrogens is 1. The molecule has 0 spiro atoms. The first-order valence-corrected chi connectivity index (χ1v) is 6.92. The molecule has 18 heavy (non-hydrogen) atoms. The van der Waals surface area contributed by atoms with Crippen LogP contribution < -0.4 is 5.32 Å². The molecule has 0 saturated heterocycles. The van der Waals surface area contributed by atoms with Crippen LogP contribution in [0.4, 0.5) is 0 Å². The Labute approximate surface area is 117 Å². The predicted octanol–water partition coefficient (Wildman–Crippen LogP) is 3.91. The van der Waals surface area contributed by atoms with E-state index in [2.05, 4.69) is 35.4 Å². The highest BCUT2D eigenvalue weighted by Crippen LogP contribution is 2.33. The molecule has 1 aromatic carbocycles. The summed E-state index contributed by atoms with van der Waals surface area (Å²) in [5.41, 5.74) is 2.53. The quantitative estimate of drug-likeness (QED) is 0.918. The molecule has 0 saturated carbocycles. The average Bonchev–Trinajstić information content (AvgIpc) is 2.35. The van der Waals surface area contributed by atoms with Crippen LogP contribution in [0.2, 0.25) is 5.02 Å². The van der Waals surface area contributed by atoms with Crippen molar-refractivity contribution in [1.82, 2.24) is 10.3 Å². The summed E-state index contributed by atoms with van der Waals surface area (Å²) in [5, 5.41) is 4.73. The highest BCUT2D eigenvalue weighted by molar-refractivity contribution is 7.99. The second-order valence-corrected chi connectivity index (χ2v) is 5.47. The van der Waals surface area contributed by atoms with Crippen molar-refractivity contribution < 1.29 is 0 Å². The van der Waals surface area contributed by atoms with Crippen LogP contribution in [-0.4, -0.2) is 12.0 Å². The van der Waals surface area contributed by atoms with Crippen molar-refractivity contribution in [3.05, 3.63) is 52.7 Å². The van der Waals surface area contributed by atoms with E-state index in [4.69, 9.17) is 11.6 Å². The van der Waals surface area contributed by atoms with Gasteiger partial charge in [0, 0.05) is 17.6 Å². The van der Waals surface area contributed by atoms with Gasteiger partial charge < -0.3 is 5.32 Å². The van der Waals surface area contributed by atoms with Crippen molar-refractivity contribution >= 4 is 23.4 Å². The summed E-state index contributed by atoms with van der Waals surface area (Å²) in [7, 11) is 1.95. The Balaban J connectivity index is 2.31. The van der Waals surface area contributed by atoms with Crippen LogP contribution in [0, 0.1) is 6.92 Å². The Bertz CT molecular complexity index is 543. The fourth-order valence-electron chi connectivity index (χ4n) is 1.69. The predicted molar refractivity (Wildman–Crippen MR) is 77.3 cm³/mol. The van der Waals surface area contributed by atoms with Crippen LogP contribution in [0.1, 0.15) is 11.1 Å². The summed E-state index contributed by atoms with van der Waals surface area (Å²) in [5.74, 6) is 0. The molecule has 1 heterocycles. The lowest BCUT2D eigenvalue weighted by Gasteiger charge is -2.10. The lowest BCUT2D eigenvalue weighted by atomic mass is 10.1. The summed E-state index contributed by atoms with van der Waals surface area (Å²) < 4.78 is 0. The minimum Gasteiger partial charge on any atom is -0.316 e. The molecule has 4 heteroatoms. The minimum absolute atomic E-state index is 0.693. The second-order valence-electron chi connectivity index (χ2n) is 4.03. The molecule has 0 amide bonds. The Morgan fingerprint density at radius 3 is 2.89 bits per heavy atom. The fraction of sp³-hybridized carbons (Fsp3) is 0.214. The third-order valence-electron chi connectivity index (χ3n) is 2.51. The fourth-order valence-corrected chi connectivity index (χ4v) is 2.81. The molecule has 2 nitrogen and oxygen atoms in total. The molecule has 94 valence electrons. The van der Waals surface area contributed by atoms with Crippen LogP contribution in [-0.2, 0) is 6.54 Å². The SMILES string of the molecule is CNCc1cc(C)ccc1Sc1ncccc1Cl. The van der Waals surface area contributed by atoms with Gasteiger partial charge in [-0.2, -0.15) is 0 Å². The van der Waals surface area contributed by atoms with Crippen molar-refractivity contribution in [2.45, 2.75) is 23.4 Å². The standard InChI is InChI=1S/C14H15ClN2S/c1-10-5-6-13(11(8-10)9-16-2)18-14-12(15)4-3-7-17-14/h3-8,16H,9H2,1-2H3. The highest BCUT2D eigenvalue weighted by atomic mass is 35.5. The monoisotopic (exact) mass is 278 g/mol. The molecule has 0 aliphatic heterocycles. The van der Waals surface area contributed by atoms with Gasteiger partial charge in [-0.15, -0.1) is 0 Å². The van der Waals surface area contributed by atoms with Gasteiger partial charge in [0.15, 0.2) is 0 Å². The molecule has 2 aromatic rings. The number of nitrogens with one attached hydrogen (secondary N) is 1. The van der Waals surface area contributed by atoms with Gasteiger partial charge in [-0.3, -0.25) is 0 Å². The van der Waals surface area contributed by atoms with Gasteiger partial charge in [-0.1, -0.05) is 41.1 Å². The number of aryl methyl sites for hydroxylation is 1. The first-order valence-electron chi connectivity index (χ1n) is 5.73. The largest absolute Gasteiger partial charge is 0.316 e. The Kier molecular flexibility index (Phi) is 4.64. The van der Waals surface area contributed by atoms with Crippen molar-refractivity contribution in [2.24, 2.45) is 0 Å². The summed E-state index contributed by atoms with van der Waals surface area (Å²) in [6.07, 6.45) is 1.76. The maximum absolute atomic E-state index is 6.14. The lowest BCUT2D eigenvalue weighted by molar-refractivity contribution is 0.802. The normalized spacial score (nSPS) is 10.6. The van der Waals surface area contributed by atoms with E-state index in [1.54, 1.807) is 18.0 Å². The van der Waals surface area contributed by atoms with Gasteiger partial charge in [0.05, 0.1) is 5.02 Å². The van der Waals surface area contributed by atoms with Gasteiger partial charge in [0.2, 0.25) is 0 Å². The summed E-state index contributed by atoms with van der Waals surface area (Å²) in [4.78, 5) is 5.50. The maximum Gasteiger partial charge on any atom is 0.119 e. The van der Waals surface area contributed by atoms with Crippen LogP contribution >= 0.6 is 23.4 Å². The zero-order valence-corrected chi connectivity index (χ0v) is 12.0. The van der Waals surface area contributed by atoms with Crippen molar-refractivity contribution in [1.29, 1.82) is 0 Å². The number of rotatable bonds is 4. The molecular formula is C14H15ClN2S. The van der Waals surface area contributed by atoms with Crippen LogP contribution in [0.15, 0.2) is 46.5 Å². The van der Waals surface area contributed by atoms with E-state index in [9.17, 15) is 0 Å². The summed E-state index contributed by atoms with van der Waals surface area (Å²) in [6.45, 7) is 2.94. The molecule has 1 aromatic heterocycles. The maximum atomic E-state index is 6.14. The zero-order valence-electron chi connectivity index (χ0n) is 10.4. The van der Waals surface area contributed by atoms with Crippen LogP contribution in [0.3, 0.4) is 0 Å². The van der Waals surface area contributed by atoms with Crippen molar-refractivity contribution in [3.8, 4) is 0 Å². The van der Waals surface area contributed by atoms with E-state index >= 15 is 0 Å². The third-order valence-corrected chi connectivity index (χ3v) is 4.07. The molecule has 0 aliphatic rings. The van der Waals surface area contributed by atoms with E-state index in [0.717, 1.165) is 11.6 Å². The smallest absolute Gasteiger partial charge is 0.119 e. The van der Waals surface area contributed by atoms with E-state index in [-0.39, 0.29) is 0 Å². The van der Waals surface area contributed by atoms with Crippen LogP contribution in [0.5, 0.6) is 0 Å². The number of hydrogen-bond donors (Lipinski definition) is 1. The molecule has 0 bridgehead atoms. The topological polar surface area (TPSA) is 24.9 Å². The number of benzene rings is 1. The molecule has 0 aliphatic carbocycles. The number of hydrogen-bond acceptors (Lipinski definition) is 3. The average molecular weight is 279 g/mol. The molecule has 0 unspecified atom stereocenters. The van der Waals surface area contributed by atoms with E-state index < -0.39 is 0 Å². The van der Waals surface area contributed by atoms with E-state index in [0.29, 0.717) is 5.02 Å². The van der Waals surface area contributed by atoms with Crippen molar-refractivity contribution in [2.75, 3.05) is 7.05 Å². The first-order chi connectivity index (χ1) is 8.70. The first kappa shape index (κ1) is 13.4. The molecule has 0 radical (unpaired) electrons. The molecule has 2 rings (SSSR count). The molecular weight excluding hydrogens is 264 g/mol. The third kappa shape index (κ3) is 3.25. The lowest BCUT2D eigenvalue weighted by Crippen LogP contribution is -2.06. The number of pyridine rings is 1. The van der Waals surface area contributed by atoms with Crippen molar-refractivity contribution in [3.63, 3.8) is 0 Å². The Hall–Kier alpha value is -1.03. The zero-order chi connectivity index (χ0) is 13.0. The van der Waals surface area contributed by atoms with E-state index in [1.165, 1.54) is 16.0 Å². The molecule has 0 fully saturated rings. The van der Waals surface area contributed by atoms with Gasteiger partial charge in [-0.05, 0) is 37.7 Å². The molecule has 1 N–H and O–H groups in total. The van der Waals surface area contributed by atoms with Gasteiger partial charge in [0.1, 0.15) is 5.03 Å². The van der Waals surface area contributed by atoms with E-state index in [1.807, 2.05) is 19.2 Å².